The van der Waals surface area contributed by atoms with Gasteiger partial charge in [-0.3, -0.25) is 4.98 Å². The number of hydrogen-bond acceptors (Lipinski definition) is 4. The fraction of sp³-hybridized carbons (Fsp3) is 0.273. The first-order chi connectivity index (χ1) is 8.25. The van der Waals surface area contributed by atoms with Crippen molar-refractivity contribution in [2.75, 3.05) is 6.54 Å². The van der Waals surface area contributed by atoms with Crippen LogP contribution in [-0.4, -0.2) is 16.5 Å². The molecular weight excluding hydrogens is 366 g/mol. The molecule has 0 aliphatic carbocycles. The Morgan fingerprint density at radius 1 is 1.29 bits per heavy atom. The van der Waals surface area contributed by atoms with Crippen LogP contribution in [0.2, 0.25) is 0 Å². The van der Waals surface area contributed by atoms with Gasteiger partial charge in [0.25, 0.3) is 0 Å². The number of rotatable bonds is 5. The highest BCUT2D eigenvalue weighted by Gasteiger charge is 2.02. The number of hydrogen-bond donors (Lipinski definition) is 1. The van der Waals surface area contributed by atoms with Gasteiger partial charge in [-0.1, -0.05) is 0 Å². The number of nitrogens with zero attached hydrogens (tertiary/aromatic N) is 2. The molecule has 0 spiro atoms. The molecule has 2 aromatic heterocycles. The second kappa shape index (κ2) is 6.58. The monoisotopic (exact) mass is 375 g/mol. The van der Waals surface area contributed by atoms with Crippen molar-refractivity contribution in [1.29, 1.82) is 0 Å². The lowest BCUT2D eigenvalue weighted by Crippen LogP contribution is -2.17. The second-order valence-corrected chi connectivity index (χ2v) is 5.98. The lowest BCUT2D eigenvalue weighted by Gasteiger charge is -2.05. The normalized spacial score (nSPS) is 10.7. The lowest BCUT2D eigenvalue weighted by atomic mass is 10.3. The summed E-state index contributed by atoms with van der Waals surface area (Å²) in [7, 11) is 0. The highest BCUT2D eigenvalue weighted by molar-refractivity contribution is 9.11. The van der Waals surface area contributed by atoms with E-state index in [-0.39, 0.29) is 0 Å². The first kappa shape index (κ1) is 13.1. The van der Waals surface area contributed by atoms with Crippen LogP contribution >= 0.6 is 43.2 Å². The van der Waals surface area contributed by atoms with Gasteiger partial charge >= 0.3 is 0 Å². The molecule has 0 saturated carbocycles. The largest absolute Gasteiger partial charge is 0.311 e. The van der Waals surface area contributed by atoms with Gasteiger partial charge in [0.05, 0.1) is 16.9 Å². The molecule has 1 N–H and O–H groups in total. The van der Waals surface area contributed by atoms with E-state index in [1.165, 1.54) is 0 Å². The van der Waals surface area contributed by atoms with Crippen LogP contribution < -0.4 is 5.32 Å². The van der Waals surface area contributed by atoms with Crippen molar-refractivity contribution in [3.63, 3.8) is 0 Å². The summed E-state index contributed by atoms with van der Waals surface area (Å²) in [6, 6.07) is 2.00. The number of halogens is 2. The molecule has 0 aromatic carbocycles. The smallest absolute Gasteiger partial charge is 0.0794 e. The minimum Gasteiger partial charge on any atom is -0.311 e. The van der Waals surface area contributed by atoms with E-state index < -0.39 is 0 Å². The molecule has 0 unspecified atom stereocenters. The van der Waals surface area contributed by atoms with Crippen LogP contribution in [0.25, 0.3) is 0 Å². The van der Waals surface area contributed by atoms with Gasteiger partial charge in [-0.2, -0.15) is 0 Å². The van der Waals surface area contributed by atoms with Gasteiger partial charge in [0, 0.05) is 40.0 Å². The first-order valence-electron chi connectivity index (χ1n) is 5.13. The van der Waals surface area contributed by atoms with Crippen molar-refractivity contribution in [3.05, 3.63) is 43.5 Å². The maximum Gasteiger partial charge on any atom is 0.0794 e. The van der Waals surface area contributed by atoms with E-state index >= 15 is 0 Å². The molecule has 0 atom stereocenters. The Bertz CT molecular complexity index is 474. The van der Waals surface area contributed by atoms with Crippen molar-refractivity contribution >= 4 is 43.2 Å². The van der Waals surface area contributed by atoms with E-state index in [0.29, 0.717) is 0 Å². The maximum absolute atomic E-state index is 4.34. The molecule has 0 amide bonds. The summed E-state index contributed by atoms with van der Waals surface area (Å²) in [5.74, 6) is 0. The molecule has 17 heavy (non-hydrogen) atoms. The lowest BCUT2D eigenvalue weighted by molar-refractivity contribution is 0.668. The van der Waals surface area contributed by atoms with Crippen LogP contribution in [0.1, 0.15) is 11.4 Å². The molecule has 2 rings (SSSR count). The van der Waals surface area contributed by atoms with Gasteiger partial charge in [0.2, 0.25) is 0 Å². The Hall–Kier alpha value is -0.300. The van der Waals surface area contributed by atoms with Crippen molar-refractivity contribution in [2.45, 2.75) is 13.0 Å². The van der Waals surface area contributed by atoms with E-state index in [1.54, 1.807) is 11.3 Å². The molecule has 0 aliphatic heterocycles. The molecular formula is C11H11Br2N3S. The van der Waals surface area contributed by atoms with E-state index in [9.17, 15) is 0 Å². The van der Waals surface area contributed by atoms with Crippen molar-refractivity contribution in [1.82, 2.24) is 15.3 Å². The minimum atomic E-state index is 0.762. The van der Waals surface area contributed by atoms with E-state index in [0.717, 1.165) is 39.8 Å². The Morgan fingerprint density at radius 2 is 2.18 bits per heavy atom. The summed E-state index contributed by atoms with van der Waals surface area (Å²) in [6.45, 7) is 1.67. The van der Waals surface area contributed by atoms with E-state index in [4.69, 9.17) is 0 Å². The first-order valence-corrected chi connectivity index (χ1v) is 7.66. The third kappa shape index (κ3) is 4.13. The topological polar surface area (TPSA) is 37.8 Å². The zero-order chi connectivity index (χ0) is 12.1. The quantitative estimate of drug-likeness (QED) is 0.812. The molecule has 0 aliphatic rings. The summed E-state index contributed by atoms with van der Waals surface area (Å²) < 4.78 is 2.00. The Morgan fingerprint density at radius 3 is 2.88 bits per heavy atom. The molecule has 0 bridgehead atoms. The zero-order valence-electron chi connectivity index (χ0n) is 8.99. The van der Waals surface area contributed by atoms with Crippen LogP contribution in [0.5, 0.6) is 0 Å². The summed E-state index contributed by atoms with van der Waals surface area (Å²) in [5.41, 5.74) is 4.03. The van der Waals surface area contributed by atoms with Crippen LogP contribution in [-0.2, 0) is 13.0 Å². The van der Waals surface area contributed by atoms with Gasteiger partial charge in [0.1, 0.15) is 0 Å². The van der Waals surface area contributed by atoms with Crippen LogP contribution in [0.15, 0.2) is 32.1 Å². The molecule has 0 saturated heterocycles. The highest BCUT2D eigenvalue weighted by Crippen LogP contribution is 2.19. The fourth-order valence-electron chi connectivity index (χ4n) is 1.36. The van der Waals surface area contributed by atoms with Crippen molar-refractivity contribution in [2.24, 2.45) is 0 Å². The number of nitrogens with one attached hydrogen (secondary N) is 1. The van der Waals surface area contributed by atoms with E-state index in [2.05, 4.69) is 52.5 Å². The molecule has 0 fully saturated rings. The average Bonchev–Trinajstić information content (AvgIpc) is 2.79. The van der Waals surface area contributed by atoms with Crippen molar-refractivity contribution < 1.29 is 0 Å². The molecule has 2 aromatic rings. The predicted molar refractivity (Wildman–Crippen MR) is 77.2 cm³/mol. The average molecular weight is 377 g/mol. The van der Waals surface area contributed by atoms with Gasteiger partial charge in [-0.05, 0) is 37.9 Å². The summed E-state index contributed by atoms with van der Waals surface area (Å²) in [4.78, 5) is 8.58. The Balaban J connectivity index is 1.78. The number of thiazole rings is 1. The molecule has 3 nitrogen and oxygen atoms in total. The zero-order valence-corrected chi connectivity index (χ0v) is 13.0. The van der Waals surface area contributed by atoms with Crippen LogP contribution in [0, 0.1) is 0 Å². The van der Waals surface area contributed by atoms with Gasteiger partial charge in [-0.25, -0.2) is 4.98 Å². The highest BCUT2D eigenvalue weighted by atomic mass is 79.9. The summed E-state index contributed by atoms with van der Waals surface area (Å²) >= 11 is 8.51. The maximum atomic E-state index is 4.34. The second-order valence-electron chi connectivity index (χ2n) is 3.49. The molecule has 90 valence electrons. The minimum absolute atomic E-state index is 0.762. The van der Waals surface area contributed by atoms with Gasteiger partial charge < -0.3 is 5.32 Å². The van der Waals surface area contributed by atoms with Gasteiger partial charge in [-0.15, -0.1) is 11.3 Å². The van der Waals surface area contributed by atoms with Crippen LogP contribution in [0.3, 0.4) is 0 Å². The van der Waals surface area contributed by atoms with E-state index in [1.807, 2.05) is 17.8 Å². The molecule has 6 heteroatoms. The van der Waals surface area contributed by atoms with Gasteiger partial charge in [0.15, 0.2) is 0 Å². The summed E-state index contributed by atoms with van der Waals surface area (Å²) in [6.07, 6.45) is 2.76. The number of pyridine rings is 1. The SMILES string of the molecule is Brc1cnc(CNCCc2cscn2)c(Br)c1. The third-order valence-corrected chi connectivity index (χ3v) is 3.97. The standard InChI is InChI=1S/C11H11Br2N3S/c12-8-3-10(13)11(15-4-8)5-14-2-1-9-6-17-7-16-9/h3-4,6-7,14H,1-2,5H2. The third-order valence-electron chi connectivity index (χ3n) is 2.22. The summed E-state index contributed by atoms with van der Waals surface area (Å²) in [5, 5.41) is 5.44. The number of aromatic nitrogens is 2. The molecule has 0 radical (unpaired) electrons. The van der Waals surface area contributed by atoms with Crippen LogP contribution in [0.4, 0.5) is 0 Å². The van der Waals surface area contributed by atoms with Crippen molar-refractivity contribution in [3.8, 4) is 0 Å². The Kier molecular flexibility index (Phi) is 5.09. The molecule has 2 heterocycles. The Labute approximate surface area is 121 Å². The fourth-order valence-corrected chi connectivity index (χ4v) is 3.08. The predicted octanol–water partition coefficient (Wildman–Crippen LogP) is 3.40.